The molecule has 5 heteroatoms. The summed E-state index contributed by atoms with van der Waals surface area (Å²) in [6.07, 6.45) is 4.37. The molecular formula is C16H26N4O. The first-order valence-corrected chi connectivity index (χ1v) is 7.53. The number of aromatic nitrogens is 1. The lowest BCUT2D eigenvalue weighted by Crippen LogP contribution is -2.47. The van der Waals surface area contributed by atoms with Crippen LogP contribution in [-0.2, 0) is 6.54 Å². The largest absolute Gasteiger partial charge is 0.477 e. The number of rotatable bonds is 5. The SMILES string of the molecule is CN=C(NCc1ccnc(OCC2CC2)c1)NC(C)(C)C. The third-order valence-corrected chi connectivity index (χ3v) is 3.14. The molecule has 1 saturated carbocycles. The van der Waals surface area contributed by atoms with Crippen molar-refractivity contribution < 1.29 is 4.74 Å². The van der Waals surface area contributed by atoms with E-state index in [0.29, 0.717) is 12.4 Å². The summed E-state index contributed by atoms with van der Waals surface area (Å²) in [6.45, 7) is 7.80. The highest BCUT2D eigenvalue weighted by Crippen LogP contribution is 2.29. The van der Waals surface area contributed by atoms with Crippen LogP contribution in [0.5, 0.6) is 5.88 Å². The minimum absolute atomic E-state index is 0.0153. The van der Waals surface area contributed by atoms with Gasteiger partial charge in [-0.1, -0.05) is 0 Å². The maximum atomic E-state index is 5.70. The Labute approximate surface area is 127 Å². The van der Waals surface area contributed by atoms with Crippen LogP contribution < -0.4 is 15.4 Å². The van der Waals surface area contributed by atoms with Crippen LogP contribution in [0.3, 0.4) is 0 Å². The second kappa shape index (κ2) is 6.78. The summed E-state index contributed by atoms with van der Waals surface area (Å²) in [6, 6.07) is 3.97. The number of nitrogens with one attached hydrogen (secondary N) is 2. The van der Waals surface area contributed by atoms with E-state index in [1.165, 1.54) is 12.8 Å². The molecule has 0 unspecified atom stereocenters. The lowest BCUT2D eigenvalue weighted by molar-refractivity contribution is 0.288. The molecule has 2 rings (SSSR count). The average Bonchev–Trinajstić information content (AvgIpc) is 3.24. The monoisotopic (exact) mass is 290 g/mol. The Balaban J connectivity index is 1.85. The molecule has 0 spiro atoms. The highest BCUT2D eigenvalue weighted by Gasteiger charge is 2.22. The molecule has 1 fully saturated rings. The topological polar surface area (TPSA) is 58.5 Å². The van der Waals surface area contributed by atoms with Crippen LogP contribution in [0, 0.1) is 5.92 Å². The highest BCUT2D eigenvalue weighted by molar-refractivity contribution is 5.80. The van der Waals surface area contributed by atoms with Crippen LogP contribution in [0.2, 0.25) is 0 Å². The molecular weight excluding hydrogens is 264 g/mol. The quantitative estimate of drug-likeness (QED) is 0.645. The molecule has 0 saturated heterocycles. The molecule has 116 valence electrons. The Bertz CT molecular complexity index is 489. The molecule has 0 amide bonds. The third kappa shape index (κ3) is 6.02. The molecule has 21 heavy (non-hydrogen) atoms. The minimum atomic E-state index is -0.0153. The first-order valence-electron chi connectivity index (χ1n) is 7.53. The van der Waals surface area contributed by atoms with Crippen LogP contribution in [0.1, 0.15) is 39.2 Å². The Hall–Kier alpha value is -1.78. The number of aliphatic imine (C=N–C) groups is 1. The fraction of sp³-hybridized carbons (Fsp3) is 0.625. The van der Waals surface area contributed by atoms with E-state index in [9.17, 15) is 0 Å². The van der Waals surface area contributed by atoms with E-state index < -0.39 is 0 Å². The second-order valence-electron chi connectivity index (χ2n) is 6.56. The van der Waals surface area contributed by atoms with Gasteiger partial charge in [0.1, 0.15) is 0 Å². The van der Waals surface area contributed by atoms with Gasteiger partial charge in [0.05, 0.1) is 6.61 Å². The smallest absolute Gasteiger partial charge is 0.213 e. The third-order valence-electron chi connectivity index (χ3n) is 3.14. The highest BCUT2D eigenvalue weighted by atomic mass is 16.5. The molecule has 1 aliphatic rings. The van der Waals surface area contributed by atoms with Crippen molar-refractivity contribution in [1.29, 1.82) is 0 Å². The number of guanidine groups is 1. The van der Waals surface area contributed by atoms with E-state index in [1.54, 1.807) is 13.2 Å². The van der Waals surface area contributed by atoms with Gasteiger partial charge in [-0.3, -0.25) is 4.99 Å². The van der Waals surface area contributed by atoms with Gasteiger partial charge in [0, 0.05) is 31.4 Å². The first-order chi connectivity index (χ1) is 9.96. The number of pyridine rings is 1. The summed E-state index contributed by atoms with van der Waals surface area (Å²) in [5.41, 5.74) is 1.12. The van der Waals surface area contributed by atoms with Gasteiger partial charge in [-0.05, 0) is 51.2 Å². The molecule has 1 aliphatic carbocycles. The standard InChI is InChI=1S/C16H26N4O/c1-16(2,3)20-15(17-4)19-10-13-7-8-18-14(9-13)21-11-12-5-6-12/h7-9,12H,5-6,10-11H2,1-4H3,(H2,17,19,20). The summed E-state index contributed by atoms with van der Waals surface area (Å²) >= 11 is 0. The van der Waals surface area contributed by atoms with Crippen molar-refractivity contribution in [3.8, 4) is 5.88 Å². The van der Waals surface area contributed by atoms with Gasteiger partial charge < -0.3 is 15.4 Å². The molecule has 1 heterocycles. The van der Waals surface area contributed by atoms with E-state index in [4.69, 9.17) is 4.74 Å². The first kappa shape index (κ1) is 15.6. The minimum Gasteiger partial charge on any atom is -0.477 e. The molecule has 0 radical (unpaired) electrons. The maximum Gasteiger partial charge on any atom is 0.213 e. The van der Waals surface area contributed by atoms with Crippen LogP contribution in [0.25, 0.3) is 0 Å². The zero-order chi connectivity index (χ0) is 15.3. The Morgan fingerprint density at radius 2 is 2.19 bits per heavy atom. The Morgan fingerprint density at radius 1 is 1.43 bits per heavy atom. The molecule has 0 atom stereocenters. The molecule has 1 aromatic rings. The summed E-state index contributed by atoms with van der Waals surface area (Å²) < 4.78 is 5.70. The van der Waals surface area contributed by atoms with Crippen molar-refractivity contribution in [1.82, 2.24) is 15.6 Å². The van der Waals surface area contributed by atoms with Gasteiger partial charge in [-0.25, -0.2) is 4.98 Å². The number of nitrogens with zero attached hydrogens (tertiary/aromatic N) is 2. The average molecular weight is 290 g/mol. The second-order valence-corrected chi connectivity index (χ2v) is 6.56. The van der Waals surface area contributed by atoms with Crippen molar-refractivity contribution >= 4 is 5.96 Å². The molecule has 2 N–H and O–H groups in total. The van der Waals surface area contributed by atoms with Crippen LogP contribution in [-0.4, -0.2) is 30.1 Å². The Morgan fingerprint density at radius 3 is 2.81 bits per heavy atom. The fourth-order valence-corrected chi connectivity index (χ4v) is 1.85. The van der Waals surface area contributed by atoms with Gasteiger partial charge in [-0.15, -0.1) is 0 Å². The Kier molecular flexibility index (Phi) is 5.04. The maximum absolute atomic E-state index is 5.70. The van der Waals surface area contributed by atoms with Gasteiger partial charge in [0.2, 0.25) is 5.88 Å². The number of hydrogen-bond donors (Lipinski definition) is 2. The van der Waals surface area contributed by atoms with Crippen molar-refractivity contribution in [3.63, 3.8) is 0 Å². The predicted octanol–water partition coefficient (Wildman–Crippen LogP) is 2.33. The van der Waals surface area contributed by atoms with E-state index in [0.717, 1.165) is 24.0 Å². The molecule has 1 aromatic heterocycles. The molecule has 5 nitrogen and oxygen atoms in total. The van der Waals surface area contributed by atoms with Crippen molar-refractivity contribution in [2.24, 2.45) is 10.9 Å². The van der Waals surface area contributed by atoms with E-state index in [2.05, 4.69) is 41.4 Å². The van der Waals surface area contributed by atoms with Gasteiger partial charge >= 0.3 is 0 Å². The number of ether oxygens (including phenoxy) is 1. The predicted molar refractivity (Wildman–Crippen MR) is 85.5 cm³/mol. The van der Waals surface area contributed by atoms with Gasteiger partial charge in [0.25, 0.3) is 0 Å². The lowest BCUT2D eigenvalue weighted by Gasteiger charge is -2.23. The lowest BCUT2D eigenvalue weighted by atomic mass is 10.1. The zero-order valence-electron chi connectivity index (χ0n) is 13.4. The van der Waals surface area contributed by atoms with Gasteiger partial charge in [-0.2, -0.15) is 0 Å². The van der Waals surface area contributed by atoms with Crippen LogP contribution in [0.4, 0.5) is 0 Å². The van der Waals surface area contributed by atoms with Crippen LogP contribution in [0.15, 0.2) is 23.3 Å². The van der Waals surface area contributed by atoms with Crippen molar-refractivity contribution in [2.45, 2.75) is 45.7 Å². The van der Waals surface area contributed by atoms with E-state index >= 15 is 0 Å². The fourth-order valence-electron chi connectivity index (χ4n) is 1.85. The molecule has 0 aromatic carbocycles. The molecule has 0 bridgehead atoms. The summed E-state index contributed by atoms with van der Waals surface area (Å²) in [5.74, 6) is 2.24. The number of hydrogen-bond acceptors (Lipinski definition) is 3. The zero-order valence-corrected chi connectivity index (χ0v) is 13.4. The van der Waals surface area contributed by atoms with Gasteiger partial charge in [0.15, 0.2) is 5.96 Å². The normalized spacial score (nSPS) is 15.7. The van der Waals surface area contributed by atoms with E-state index in [-0.39, 0.29) is 5.54 Å². The van der Waals surface area contributed by atoms with E-state index in [1.807, 2.05) is 12.1 Å². The summed E-state index contributed by atoms with van der Waals surface area (Å²) in [5, 5.41) is 6.63. The van der Waals surface area contributed by atoms with Crippen molar-refractivity contribution in [2.75, 3.05) is 13.7 Å². The van der Waals surface area contributed by atoms with Crippen molar-refractivity contribution in [3.05, 3.63) is 23.9 Å². The van der Waals surface area contributed by atoms with Crippen LogP contribution >= 0.6 is 0 Å². The molecule has 0 aliphatic heterocycles. The summed E-state index contributed by atoms with van der Waals surface area (Å²) in [4.78, 5) is 8.48. The summed E-state index contributed by atoms with van der Waals surface area (Å²) in [7, 11) is 1.78.